The van der Waals surface area contributed by atoms with Crippen LogP contribution in [-0.2, 0) is 11.3 Å². The van der Waals surface area contributed by atoms with Gasteiger partial charge in [-0.2, -0.15) is 4.99 Å². The predicted octanol–water partition coefficient (Wildman–Crippen LogP) is 4.46. The number of carbonyl (C=O) groups is 1. The second-order valence-corrected chi connectivity index (χ2v) is 7.62. The minimum absolute atomic E-state index is 0.337. The molecule has 0 spiro atoms. The molecule has 6 nitrogen and oxygen atoms in total. The van der Waals surface area contributed by atoms with Crippen LogP contribution < -0.4 is 14.3 Å². The fourth-order valence-corrected chi connectivity index (χ4v) is 4.52. The molecule has 0 bridgehead atoms. The van der Waals surface area contributed by atoms with Gasteiger partial charge in [-0.05, 0) is 37.6 Å². The van der Waals surface area contributed by atoms with Gasteiger partial charge < -0.3 is 18.8 Å². The van der Waals surface area contributed by atoms with Crippen LogP contribution in [0.2, 0.25) is 5.02 Å². The summed E-state index contributed by atoms with van der Waals surface area (Å²) in [6.07, 6.45) is 0. The van der Waals surface area contributed by atoms with E-state index in [1.54, 1.807) is 18.2 Å². The first kappa shape index (κ1) is 21.4. The molecule has 0 radical (unpaired) electrons. The zero-order valence-electron chi connectivity index (χ0n) is 16.8. The van der Waals surface area contributed by atoms with E-state index in [0.29, 0.717) is 46.6 Å². The van der Waals surface area contributed by atoms with Crippen molar-refractivity contribution in [1.29, 1.82) is 0 Å². The van der Waals surface area contributed by atoms with E-state index in [4.69, 9.17) is 25.8 Å². The molecule has 0 unspecified atom stereocenters. The van der Waals surface area contributed by atoms with Crippen LogP contribution in [0.3, 0.4) is 0 Å². The maximum absolute atomic E-state index is 13.0. The fraction of sp³-hybridized carbons (Fsp3) is 0.333. The number of aromatic nitrogens is 1. The molecule has 0 atom stereocenters. The van der Waals surface area contributed by atoms with Crippen molar-refractivity contribution in [3.8, 4) is 11.5 Å². The van der Waals surface area contributed by atoms with Gasteiger partial charge in [0.05, 0.1) is 41.6 Å². The number of halogens is 1. The summed E-state index contributed by atoms with van der Waals surface area (Å²) in [7, 11) is 3.03. The Bertz CT molecular complexity index is 1100. The molecule has 0 fully saturated rings. The van der Waals surface area contributed by atoms with E-state index in [2.05, 4.69) is 4.99 Å². The average molecular weight is 435 g/mol. The first-order chi connectivity index (χ1) is 14.0. The van der Waals surface area contributed by atoms with Gasteiger partial charge in [0, 0.05) is 13.2 Å². The Labute approximate surface area is 178 Å². The minimum Gasteiger partial charge on any atom is -0.493 e. The lowest BCUT2D eigenvalue weighted by molar-refractivity contribution is 0.0993. The molecule has 3 rings (SSSR count). The zero-order valence-corrected chi connectivity index (χ0v) is 18.4. The largest absolute Gasteiger partial charge is 0.493 e. The van der Waals surface area contributed by atoms with Crippen molar-refractivity contribution >= 4 is 39.1 Å². The van der Waals surface area contributed by atoms with E-state index in [-0.39, 0.29) is 0 Å². The first-order valence-corrected chi connectivity index (χ1v) is 10.4. The highest BCUT2D eigenvalue weighted by Gasteiger charge is 2.18. The van der Waals surface area contributed by atoms with E-state index in [1.165, 1.54) is 25.6 Å². The van der Waals surface area contributed by atoms with Crippen LogP contribution >= 0.6 is 22.9 Å². The third-order valence-corrected chi connectivity index (χ3v) is 6.01. The Hall–Kier alpha value is -2.35. The zero-order chi connectivity index (χ0) is 21.0. The predicted molar refractivity (Wildman–Crippen MR) is 115 cm³/mol. The highest BCUT2D eigenvalue weighted by molar-refractivity contribution is 7.17. The highest BCUT2D eigenvalue weighted by atomic mass is 35.5. The fourth-order valence-electron chi connectivity index (χ4n) is 3.11. The number of ether oxygens (including phenoxy) is 3. The maximum Gasteiger partial charge on any atom is 0.283 e. The van der Waals surface area contributed by atoms with Crippen LogP contribution in [0.4, 0.5) is 0 Å². The number of fused-ring (bicyclic) bond motifs is 1. The van der Waals surface area contributed by atoms with E-state index in [9.17, 15) is 4.79 Å². The van der Waals surface area contributed by atoms with E-state index < -0.39 is 5.91 Å². The van der Waals surface area contributed by atoms with Gasteiger partial charge in [0.2, 0.25) is 0 Å². The number of thiazole rings is 1. The summed E-state index contributed by atoms with van der Waals surface area (Å²) >= 11 is 7.80. The van der Waals surface area contributed by atoms with Crippen molar-refractivity contribution in [1.82, 2.24) is 4.57 Å². The van der Waals surface area contributed by atoms with E-state index in [0.717, 1.165) is 15.8 Å². The van der Waals surface area contributed by atoms with Gasteiger partial charge in [0.15, 0.2) is 16.3 Å². The van der Waals surface area contributed by atoms with Gasteiger partial charge in [-0.15, -0.1) is 0 Å². The molecule has 1 amide bonds. The second kappa shape index (κ2) is 9.43. The number of rotatable bonds is 7. The van der Waals surface area contributed by atoms with Crippen molar-refractivity contribution in [2.75, 3.05) is 27.4 Å². The van der Waals surface area contributed by atoms with Gasteiger partial charge in [-0.3, -0.25) is 4.79 Å². The summed E-state index contributed by atoms with van der Waals surface area (Å²) in [4.78, 5) is 18.0. The van der Waals surface area contributed by atoms with Gasteiger partial charge in [-0.25, -0.2) is 0 Å². The van der Waals surface area contributed by atoms with Crippen LogP contribution in [0.15, 0.2) is 35.3 Å². The number of benzene rings is 2. The Morgan fingerprint density at radius 1 is 1.21 bits per heavy atom. The molecule has 0 N–H and O–H groups in total. The molecule has 0 saturated carbocycles. The van der Waals surface area contributed by atoms with E-state index in [1.807, 2.05) is 30.5 Å². The maximum atomic E-state index is 13.0. The Morgan fingerprint density at radius 2 is 2.00 bits per heavy atom. The molecule has 154 valence electrons. The smallest absolute Gasteiger partial charge is 0.283 e. The van der Waals surface area contributed by atoms with Crippen molar-refractivity contribution in [2.24, 2.45) is 4.99 Å². The Kier molecular flexibility index (Phi) is 6.95. The number of hydrogen-bond acceptors (Lipinski definition) is 5. The van der Waals surface area contributed by atoms with Crippen LogP contribution in [0.25, 0.3) is 10.2 Å². The van der Waals surface area contributed by atoms with Crippen molar-refractivity contribution in [3.63, 3.8) is 0 Å². The van der Waals surface area contributed by atoms with Crippen molar-refractivity contribution < 1.29 is 19.0 Å². The minimum atomic E-state index is -0.411. The van der Waals surface area contributed by atoms with Crippen LogP contribution in [0, 0.1) is 6.92 Å². The molecular weight excluding hydrogens is 412 g/mol. The molecule has 0 saturated heterocycles. The average Bonchev–Trinajstić information content (AvgIpc) is 3.09. The number of methoxy groups -OCH3 is 2. The molecule has 1 aromatic heterocycles. The standard InChI is InChI=1S/C21H23ClN2O4S/c1-5-28-12-11-24-17-13(2)9-10-15(22)19(17)29-21(24)23-20(25)14-7-6-8-16(26-3)18(14)27-4/h6-10H,5,11-12H2,1-4H3. The number of carbonyl (C=O) groups excluding carboxylic acids is 1. The van der Waals surface area contributed by atoms with Crippen LogP contribution in [-0.4, -0.2) is 37.9 Å². The normalized spacial score (nSPS) is 11.8. The molecule has 0 aliphatic rings. The third kappa shape index (κ3) is 4.32. The second-order valence-electron chi connectivity index (χ2n) is 6.23. The Balaban J connectivity index is 2.17. The number of para-hydroxylation sites is 1. The quantitative estimate of drug-likeness (QED) is 0.515. The molecule has 8 heteroatoms. The monoisotopic (exact) mass is 434 g/mol. The van der Waals surface area contributed by atoms with Gasteiger partial charge >= 0.3 is 0 Å². The van der Waals surface area contributed by atoms with Crippen molar-refractivity contribution in [3.05, 3.63) is 51.3 Å². The van der Waals surface area contributed by atoms with Gasteiger partial charge in [0.25, 0.3) is 5.91 Å². The molecule has 2 aromatic carbocycles. The highest BCUT2D eigenvalue weighted by Crippen LogP contribution is 2.32. The summed E-state index contributed by atoms with van der Waals surface area (Å²) < 4.78 is 19.1. The number of aryl methyl sites for hydroxylation is 1. The lowest BCUT2D eigenvalue weighted by atomic mass is 10.2. The molecule has 1 heterocycles. The van der Waals surface area contributed by atoms with Crippen LogP contribution in [0.5, 0.6) is 11.5 Å². The van der Waals surface area contributed by atoms with Gasteiger partial charge in [-0.1, -0.05) is 35.1 Å². The third-order valence-electron chi connectivity index (χ3n) is 4.47. The summed E-state index contributed by atoms with van der Waals surface area (Å²) in [5, 5.41) is 0.633. The SMILES string of the molecule is CCOCCn1c(=NC(=O)c2cccc(OC)c2OC)sc2c(Cl)ccc(C)c21. The summed E-state index contributed by atoms with van der Waals surface area (Å²) in [6, 6.07) is 8.97. The number of nitrogens with zero attached hydrogens (tertiary/aromatic N) is 2. The van der Waals surface area contributed by atoms with Gasteiger partial charge in [0.1, 0.15) is 0 Å². The summed E-state index contributed by atoms with van der Waals surface area (Å²) in [5.41, 5.74) is 2.36. The van der Waals surface area contributed by atoms with E-state index >= 15 is 0 Å². The first-order valence-electron chi connectivity index (χ1n) is 9.18. The topological polar surface area (TPSA) is 62.1 Å². The summed E-state index contributed by atoms with van der Waals surface area (Å²) in [5.74, 6) is 0.430. The molecule has 0 aliphatic heterocycles. The number of hydrogen-bond donors (Lipinski definition) is 0. The molecule has 29 heavy (non-hydrogen) atoms. The molecular formula is C21H23ClN2O4S. The number of amides is 1. The lowest BCUT2D eigenvalue weighted by Gasteiger charge is -2.10. The molecule has 0 aliphatic carbocycles. The van der Waals surface area contributed by atoms with Crippen molar-refractivity contribution in [2.45, 2.75) is 20.4 Å². The van der Waals surface area contributed by atoms with Crippen LogP contribution in [0.1, 0.15) is 22.8 Å². The lowest BCUT2D eigenvalue weighted by Crippen LogP contribution is -2.20. The summed E-state index contributed by atoms with van der Waals surface area (Å²) in [6.45, 7) is 5.66. The Morgan fingerprint density at radius 3 is 2.69 bits per heavy atom. The molecule has 3 aromatic rings.